The van der Waals surface area contributed by atoms with Crippen LogP contribution in [0.1, 0.15) is 49.1 Å². The molecule has 1 N–H and O–H groups in total. The number of nitrogens with zero attached hydrogens (tertiary/aromatic N) is 1. The summed E-state index contributed by atoms with van der Waals surface area (Å²) in [5.74, 6) is -0.499. The highest BCUT2D eigenvalue weighted by molar-refractivity contribution is 6.46. The van der Waals surface area contributed by atoms with E-state index in [2.05, 4.69) is 0 Å². The summed E-state index contributed by atoms with van der Waals surface area (Å²) < 4.78 is 16.9. The molecule has 1 aliphatic heterocycles. The van der Waals surface area contributed by atoms with Crippen molar-refractivity contribution >= 4 is 17.4 Å². The molecule has 0 aliphatic carbocycles. The first-order valence-electron chi connectivity index (χ1n) is 11.5. The number of aliphatic hydroxyl groups excluding tert-OH is 1. The normalized spacial score (nSPS) is 17.5. The summed E-state index contributed by atoms with van der Waals surface area (Å²) >= 11 is 0. The van der Waals surface area contributed by atoms with Crippen molar-refractivity contribution in [3.05, 3.63) is 64.2 Å². The van der Waals surface area contributed by atoms with Crippen LogP contribution in [-0.4, -0.2) is 54.7 Å². The van der Waals surface area contributed by atoms with Crippen molar-refractivity contribution in [1.82, 2.24) is 4.90 Å². The number of carbonyl (C=O) groups excluding carboxylic acids is 2. The fourth-order valence-electron chi connectivity index (χ4n) is 4.10. The van der Waals surface area contributed by atoms with Gasteiger partial charge in [0, 0.05) is 19.2 Å². The average Bonchev–Trinajstić information content (AvgIpc) is 3.04. The molecule has 1 fully saturated rings. The Kier molecular flexibility index (Phi) is 7.99. The Balaban J connectivity index is 2.21. The van der Waals surface area contributed by atoms with E-state index in [1.807, 2.05) is 52.8 Å². The molecular formula is C27H33NO6. The first kappa shape index (κ1) is 25.3. The van der Waals surface area contributed by atoms with Gasteiger partial charge in [-0.05, 0) is 63.9 Å². The van der Waals surface area contributed by atoms with Gasteiger partial charge in [-0.3, -0.25) is 9.59 Å². The van der Waals surface area contributed by atoms with Crippen molar-refractivity contribution in [2.24, 2.45) is 0 Å². The molecule has 34 heavy (non-hydrogen) atoms. The van der Waals surface area contributed by atoms with Gasteiger partial charge in [0.05, 0.1) is 30.9 Å². The monoisotopic (exact) mass is 467 g/mol. The van der Waals surface area contributed by atoms with Crippen molar-refractivity contribution < 1.29 is 28.9 Å². The van der Waals surface area contributed by atoms with Crippen molar-refractivity contribution in [2.45, 2.75) is 46.8 Å². The van der Waals surface area contributed by atoms with Crippen LogP contribution in [-0.2, 0) is 14.3 Å². The largest absolute Gasteiger partial charge is 0.507 e. The molecular weight excluding hydrogens is 434 g/mol. The molecule has 0 aromatic heterocycles. The van der Waals surface area contributed by atoms with Gasteiger partial charge < -0.3 is 24.2 Å². The van der Waals surface area contributed by atoms with E-state index in [0.717, 1.165) is 11.1 Å². The molecule has 182 valence electrons. The number of hydrogen-bond acceptors (Lipinski definition) is 6. The first-order chi connectivity index (χ1) is 16.2. The highest BCUT2D eigenvalue weighted by Gasteiger charge is 2.46. The molecule has 7 nitrogen and oxygen atoms in total. The smallest absolute Gasteiger partial charge is 0.295 e. The quantitative estimate of drug-likeness (QED) is 0.331. The highest BCUT2D eigenvalue weighted by Crippen LogP contribution is 2.42. The summed E-state index contributed by atoms with van der Waals surface area (Å²) in [7, 11) is 1.53. The molecule has 1 saturated heterocycles. The number of methoxy groups -OCH3 is 1. The molecule has 3 rings (SSSR count). The van der Waals surface area contributed by atoms with Crippen LogP contribution in [0.3, 0.4) is 0 Å². The number of benzene rings is 2. The lowest BCUT2D eigenvalue weighted by molar-refractivity contribution is -0.140. The molecule has 2 aromatic carbocycles. The van der Waals surface area contributed by atoms with Crippen LogP contribution in [0, 0.1) is 13.8 Å². The van der Waals surface area contributed by atoms with E-state index >= 15 is 0 Å². The Morgan fingerprint density at radius 2 is 1.82 bits per heavy atom. The van der Waals surface area contributed by atoms with Crippen LogP contribution < -0.4 is 9.47 Å². The number of aliphatic hydroxyl groups is 1. The number of amides is 1. The van der Waals surface area contributed by atoms with E-state index in [4.69, 9.17) is 14.2 Å². The number of hydrogen-bond donors (Lipinski definition) is 1. The second-order valence-corrected chi connectivity index (χ2v) is 8.61. The molecule has 0 spiro atoms. The molecule has 1 heterocycles. The predicted octanol–water partition coefficient (Wildman–Crippen LogP) is 4.56. The Hall–Kier alpha value is -3.32. The van der Waals surface area contributed by atoms with E-state index in [-0.39, 0.29) is 30.6 Å². The molecule has 0 saturated carbocycles. The SMILES string of the molecule is CCOc1cc(C2/C(=C(\O)c3cc(C)ccc3C)C(=O)C(=O)N2CCOC)ccc1OC(C)C. The first-order valence-corrected chi connectivity index (χ1v) is 11.5. The van der Waals surface area contributed by atoms with E-state index in [9.17, 15) is 14.7 Å². The Labute approximate surface area is 200 Å². The van der Waals surface area contributed by atoms with E-state index in [0.29, 0.717) is 29.2 Å². The summed E-state index contributed by atoms with van der Waals surface area (Å²) in [5.41, 5.74) is 2.96. The summed E-state index contributed by atoms with van der Waals surface area (Å²) in [6.07, 6.45) is -0.0540. The minimum Gasteiger partial charge on any atom is -0.507 e. The number of aryl methyl sites for hydroxylation is 2. The number of ether oxygens (including phenoxy) is 3. The van der Waals surface area contributed by atoms with Crippen molar-refractivity contribution in [3.63, 3.8) is 0 Å². The molecule has 1 aliphatic rings. The van der Waals surface area contributed by atoms with Crippen LogP contribution in [0.5, 0.6) is 11.5 Å². The standard InChI is InChI=1S/C27H33NO6/c1-7-33-22-15-19(10-11-21(22)34-16(2)3)24-23(26(30)27(31)28(24)12-13-32-6)25(29)20-14-17(4)8-9-18(20)5/h8-11,14-16,24,29H,7,12-13H2,1-6H3/b25-23+. The Morgan fingerprint density at radius 3 is 2.47 bits per heavy atom. The third kappa shape index (κ3) is 5.09. The fourth-order valence-corrected chi connectivity index (χ4v) is 4.10. The zero-order chi connectivity index (χ0) is 25.0. The van der Waals surface area contributed by atoms with Gasteiger partial charge in [0.25, 0.3) is 11.7 Å². The lowest BCUT2D eigenvalue weighted by Gasteiger charge is -2.26. The van der Waals surface area contributed by atoms with Crippen LogP contribution in [0.25, 0.3) is 5.76 Å². The molecule has 1 unspecified atom stereocenters. The number of Topliss-reactive ketones (excluding diaryl/α,β-unsaturated/α-hetero) is 1. The minimum absolute atomic E-state index is 0.0507. The summed E-state index contributed by atoms with van der Waals surface area (Å²) in [4.78, 5) is 27.7. The molecule has 0 radical (unpaired) electrons. The second-order valence-electron chi connectivity index (χ2n) is 8.61. The Bertz CT molecular complexity index is 1100. The maximum Gasteiger partial charge on any atom is 0.295 e. The van der Waals surface area contributed by atoms with Crippen LogP contribution in [0.15, 0.2) is 42.0 Å². The maximum atomic E-state index is 13.2. The topological polar surface area (TPSA) is 85.3 Å². The molecule has 1 atom stereocenters. The van der Waals surface area contributed by atoms with Gasteiger partial charge >= 0.3 is 0 Å². The third-order valence-corrected chi connectivity index (χ3v) is 5.67. The van der Waals surface area contributed by atoms with Gasteiger partial charge in [-0.2, -0.15) is 0 Å². The van der Waals surface area contributed by atoms with Gasteiger partial charge in [0.1, 0.15) is 5.76 Å². The van der Waals surface area contributed by atoms with Gasteiger partial charge in [0.2, 0.25) is 0 Å². The van der Waals surface area contributed by atoms with Crippen molar-refractivity contribution in [2.75, 3.05) is 26.9 Å². The average molecular weight is 468 g/mol. The predicted molar refractivity (Wildman–Crippen MR) is 130 cm³/mol. The fraction of sp³-hybridized carbons (Fsp3) is 0.407. The molecule has 0 bridgehead atoms. The lowest BCUT2D eigenvalue weighted by Crippen LogP contribution is -2.32. The second kappa shape index (κ2) is 10.7. The number of rotatable bonds is 9. The van der Waals surface area contributed by atoms with Crippen LogP contribution in [0.2, 0.25) is 0 Å². The van der Waals surface area contributed by atoms with Gasteiger partial charge in [0.15, 0.2) is 11.5 Å². The lowest BCUT2D eigenvalue weighted by atomic mass is 9.93. The molecule has 1 amide bonds. The van der Waals surface area contributed by atoms with Gasteiger partial charge in [-0.25, -0.2) is 0 Å². The van der Waals surface area contributed by atoms with E-state index in [1.54, 1.807) is 18.2 Å². The van der Waals surface area contributed by atoms with Gasteiger partial charge in [-0.1, -0.05) is 23.8 Å². The Morgan fingerprint density at radius 1 is 1.09 bits per heavy atom. The molecule has 7 heteroatoms. The van der Waals surface area contributed by atoms with Crippen molar-refractivity contribution in [3.8, 4) is 11.5 Å². The van der Waals surface area contributed by atoms with Gasteiger partial charge in [-0.15, -0.1) is 0 Å². The number of likely N-dealkylation sites (tertiary alicyclic amines) is 1. The summed E-state index contributed by atoms with van der Waals surface area (Å²) in [6.45, 7) is 10.4. The van der Waals surface area contributed by atoms with Crippen molar-refractivity contribution in [1.29, 1.82) is 0 Å². The van der Waals surface area contributed by atoms with Crippen LogP contribution >= 0.6 is 0 Å². The van der Waals surface area contributed by atoms with E-state index in [1.165, 1.54) is 12.0 Å². The number of carbonyl (C=O) groups is 2. The zero-order valence-electron chi connectivity index (χ0n) is 20.7. The summed E-state index contributed by atoms with van der Waals surface area (Å²) in [6, 6.07) is 10.2. The maximum absolute atomic E-state index is 13.2. The molecule has 2 aromatic rings. The summed E-state index contributed by atoms with van der Waals surface area (Å²) in [5, 5.41) is 11.3. The minimum atomic E-state index is -0.789. The number of ketones is 1. The highest BCUT2D eigenvalue weighted by atomic mass is 16.5. The zero-order valence-corrected chi connectivity index (χ0v) is 20.7. The third-order valence-electron chi connectivity index (χ3n) is 5.67. The van der Waals surface area contributed by atoms with Crippen LogP contribution in [0.4, 0.5) is 0 Å². The van der Waals surface area contributed by atoms with E-state index < -0.39 is 17.7 Å².